The molecule has 9 nitrogen and oxygen atoms in total. The van der Waals surface area contributed by atoms with Gasteiger partial charge in [0, 0.05) is 43.5 Å². The van der Waals surface area contributed by atoms with Crippen LogP contribution in [0.4, 0.5) is 11.4 Å². The van der Waals surface area contributed by atoms with Gasteiger partial charge in [-0.25, -0.2) is 8.42 Å². The number of amides is 1. The minimum absolute atomic E-state index is 0.000865. The third-order valence-electron chi connectivity index (χ3n) is 7.20. The van der Waals surface area contributed by atoms with E-state index >= 15 is 0 Å². The van der Waals surface area contributed by atoms with Crippen molar-refractivity contribution in [2.45, 2.75) is 36.1 Å². The second kappa shape index (κ2) is 11.0. The number of carbonyl (C=O) groups excluding carboxylic acids is 2. The van der Waals surface area contributed by atoms with Crippen LogP contribution in [-0.4, -0.2) is 80.9 Å². The predicted octanol–water partition coefficient (Wildman–Crippen LogP) is 3.04. The Morgan fingerprint density at radius 3 is 2.68 bits per heavy atom. The number of likely N-dealkylation sites (N-methyl/N-ethyl adjacent to an activating group) is 1. The molecule has 1 aromatic heterocycles. The molecule has 3 aliphatic rings. The molecule has 3 atom stereocenters. The average Bonchev–Trinajstić information content (AvgIpc) is 3.56. The number of benzene rings is 1. The first-order valence-electron chi connectivity index (χ1n) is 12.8. The SMILES string of the molecule is CCOC(=O)CN1CCN(S(=O)(=O)c2cccs2)[C@H](C(=O)Nc2ccc3c(c2)C2C=CC=CC2N3CC)C1. The smallest absolute Gasteiger partial charge is 0.320 e. The summed E-state index contributed by atoms with van der Waals surface area (Å²) in [4.78, 5) is 29.9. The average molecular weight is 557 g/mol. The Hall–Kier alpha value is -2.99. The summed E-state index contributed by atoms with van der Waals surface area (Å²) in [7, 11) is -3.88. The first-order valence-corrected chi connectivity index (χ1v) is 15.1. The van der Waals surface area contributed by atoms with Gasteiger partial charge >= 0.3 is 5.97 Å². The molecule has 0 saturated carbocycles. The normalized spacial score (nSPS) is 23.2. The highest BCUT2D eigenvalue weighted by Crippen LogP contribution is 2.44. The van der Waals surface area contributed by atoms with Gasteiger partial charge in [-0.2, -0.15) is 4.31 Å². The van der Waals surface area contributed by atoms with Gasteiger partial charge in [0.1, 0.15) is 10.3 Å². The lowest BCUT2D eigenvalue weighted by atomic mass is 9.91. The molecular weight excluding hydrogens is 524 g/mol. The molecular formula is C27H32N4O5S2. The van der Waals surface area contributed by atoms with Crippen LogP contribution in [0.15, 0.2) is 64.2 Å². The van der Waals surface area contributed by atoms with E-state index in [0.29, 0.717) is 12.2 Å². The molecule has 2 aromatic rings. The number of carbonyl (C=O) groups is 2. The van der Waals surface area contributed by atoms with Crippen LogP contribution in [0.3, 0.4) is 0 Å². The molecule has 202 valence electrons. The van der Waals surface area contributed by atoms with Crippen LogP contribution in [0.25, 0.3) is 0 Å². The third-order valence-corrected chi connectivity index (χ3v) is 10.5. The lowest BCUT2D eigenvalue weighted by molar-refractivity contribution is -0.145. The van der Waals surface area contributed by atoms with Gasteiger partial charge < -0.3 is 15.0 Å². The molecule has 3 heterocycles. The summed E-state index contributed by atoms with van der Waals surface area (Å²) < 4.78 is 33.4. The van der Waals surface area contributed by atoms with Crippen molar-refractivity contribution in [2.75, 3.05) is 49.5 Å². The van der Waals surface area contributed by atoms with E-state index in [-0.39, 0.29) is 42.4 Å². The molecule has 2 unspecified atom stereocenters. The van der Waals surface area contributed by atoms with Gasteiger partial charge in [0.15, 0.2) is 0 Å². The maximum atomic E-state index is 13.7. The van der Waals surface area contributed by atoms with Crippen LogP contribution in [-0.2, 0) is 24.3 Å². The zero-order valence-electron chi connectivity index (χ0n) is 21.4. The fraction of sp³-hybridized carbons (Fsp3) is 0.407. The summed E-state index contributed by atoms with van der Waals surface area (Å²) in [5, 5.41) is 4.67. The Morgan fingerprint density at radius 2 is 1.95 bits per heavy atom. The van der Waals surface area contributed by atoms with E-state index in [1.807, 2.05) is 24.3 Å². The van der Waals surface area contributed by atoms with Crippen molar-refractivity contribution in [3.63, 3.8) is 0 Å². The quantitative estimate of drug-likeness (QED) is 0.499. The van der Waals surface area contributed by atoms with Gasteiger partial charge in [0.25, 0.3) is 10.0 Å². The summed E-state index contributed by atoms with van der Waals surface area (Å²) in [6.45, 7) is 5.48. The van der Waals surface area contributed by atoms with Crippen LogP contribution in [0.2, 0.25) is 0 Å². The molecule has 0 spiro atoms. The van der Waals surface area contributed by atoms with Gasteiger partial charge in [-0.05, 0) is 49.1 Å². The molecule has 5 rings (SSSR count). The molecule has 11 heteroatoms. The number of nitrogens with one attached hydrogen (secondary N) is 1. The number of fused-ring (bicyclic) bond motifs is 3. The van der Waals surface area contributed by atoms with E-state index in [0.717, 1.165) is 29.1 Å². The lowest BCUT2D eigenvalue weighted by Gasteiger charge is -2.38. The minimum Gasteiger partial charge on any atom is -0.465 e. The maximum absolute atomic E-state index is 13.7. The molecule has 1 fully saturated rings. The van der Waals surface area contributed by atoms with Crippen LogP contribution >= 0.6 is 11.3 Å². The first-order chi connectivity index (χ1) is 18.3. The number of piperazine rings is 1. The van der Waals surface area contributed by atoms with Crippen molar-refractivity contribution >= 4 is 44.6 Å². The van der Waals surface area contributed by atoms with Crippen molar-refractivity contribution in [1.82, 2.24) is 9.21 Å². The molecule has 2 aliphatic heterocycles. The molecule has 1 N–H and O–H groups in total. The Morgan fingerprint density at radius 1 is 1.13 bits per heavy atom. The molecule has 1 aliphatic carbocycles. The standard InChI is InChI=1S/C27H32N4O5S2/c1-3-30-22-9-6-5-8-20(22)21-16-19(11-12-23(21)30)28-27(33)24-17-29(18-25(32)36-4-2)13-14-31(24)38(34,35)26-10-7-15-37-26/h5-12,15-16,20,22,24H,3-4,13-14,17-18H2,1-2H3,(H,28,33)/t20?,22?,24-/m0/s1. The number of rotatable bonds is 8. The number of allylic oxidation sites excluding steroid dienone is 2. The van der Waals surface area contributed by atoms with Crippen LogP contribution < -0.4 is 10.2 Å². The Kier molecular flexibility index (Phi) is 7.71. The highest BCUT2D eigenvalue weighted by Gasteiger charge is 2.41. The third kappa shape index (κ3) is 5.03. The number of hydrogen-bond donors (Lipinski definition) is 1. The lowest BCUT2D eigenvalue weighted by Crippen LogP contribution is -2.59. The number of sulfonamides is 1. The summed E-state index contributed by atoms with van der Waals surface area (Å²) in [5.41, 5.74) is 2.88. The fourth-order valence-electron chi connectivity index (χ4n) is 5.49. The first kappa shape index (κ1) is 26.6. The molecule has 38 heavy (non-hydrogen) atoms. The van der Waals surface area contributed by atoms with Crippen LogP contribution in [0.5, 0.6) is 0 Å². The largest absolute Gasteiger partial charge is 0.465 e. The number of anilines is 2. The second-order valence-corrected chi connectivity index (χ2v) is 12.5. The second-order valence-electron chi connectivity index (χ2n) is 9.44. The number of esters is 1. The molecule has 0 radical (unpaired) electrons. The van der Waals surface area contributed by atoms with Crippen LogP contribution in [0.1, 0.15) is 25.3 Å². The zero-order valence-corrected chi connectivity index (χ0v) is 23.1. The molecule has 1 amide bonds. The van der Waals surface area contributed by atoms with E-state index in [9.17, 15) is 18.0 Å². The number of nitrogens with zero attached hydrogens (tertiary/aromatic N) is 3. The molecule has 0 bridgehead atoms. The summed E-state index contributed by atoms with van der Waals surface area (Å²) in [6.07, 6.45) is 8.48. The van der Waals surface area contributed by atoms with Crippen molar-refractivity contribution in [1.29, 1.82) is 0 Å². The van der Waals surface area contributed by atoms with Gasteiger partial charge in [0.2, 0.25) is 5.91 Å². The zero-order chi connectivity index (χ0) is 26.9. The Bertz CT molecular complexity index is 1360. The predicted molar refractivity (Wildman–Crippen MR) is 148 cm³/mol. The van der Waals surface area contributed by atoms with Crippen molar-refractivity contribution < 1.29 is 22.7 Å². The highest BCUT2D eigenvalue weighted by molar-refractivity contribution is 7.91. The van der Waals surface area contributed by atoms with Gasteiger partial charge in [0.05, 0.1) is 19.2 Å². The van der Waals surface area contributed by atoms with Crippen LogP contribution in [0, 0.1) is 0 Å². The number of thiophene rings is 1. The maximum Gasteiger partial charge on any atom is 0.320 e. The number of hydrogen-bond acceptors (Lipinski definition) is 8. The Balaban J connectivity index is 1.40. The van der Waals surface area contributed by atoms with Gasteiger partial charge in [-0.1, -0.05) is 30.4 Å². The van der Waals surface area contributed by atoms with Crippen molar-refractivity contribution in [3.8, 4) is 0 Å². The van der Waals surface area contributed by atoms with Crippen molar-refractivity contribution in [3.05, 3.63) is 65.6 Å². The van der Waals surface area contributed by atoms with Gasteiger partial charge in [-0.15, -0.1) is 11.3 Å². The van der Waals surface area contributed by atoms with E-state index < -0.39 is 27.9 Å². The van der Waals surface area contributed by atoms with Crippen molar-refractivity contribution in [2.24, 2.45) is 0 Å². The molecule has 1 saturated heterocycles. The fourth-order valence-corrected chi connectivity index (χ4v) is 8.18. The van der Waals surface area contributed by atoms with Gasteiger partial charge in [-0.3, -0.25) is 14.5 Å². The number of ether oxygens (including phenoxy) is 1. The minimum atomic E-state index is -3.88. The monoisotopic (exact) mass is 556 g/mol. The van der Waals surface area contributed by atoms with E-state index in [2.05, 4.69) is 35.4 Å². The van der Waals surface area contributed by atoms with E-state index in [1.165, 1.54) is 4.31 Å². The summed E-state index contributed by atoms with van der Waals surface area (Å²) in [6, 6.07) is 8.33. The molecule has 1 aromatic carbocycles. The topological polar surface area (TPSA) is 99.3 Å². The van der Waals surface area contributed by atoms with E-state index in [1.54, 1.807) is 29.3 Å². The summed E-state index contributed by atoms with van der Waals surface area (Å²) >= 11 is 1.12. The van der Waals surface area contributed by atoms with E-state index in [4.69, 9.17) is 4.74 Å². The summed E-state index contributed by atoms with van der Waals surface area (Å²) in [5.74, 6) is -0.638. The Labute approximate surface area is 227 Å². The highest BCUT2D eigenvalue weighted by atomic mass is 32.2.